The van der Waals surface area contributed by atoms with Gasteiger partial charge in [0, 0.05) is 6.04 Å². The summed E-state index contributed by atoms with van der Waals surface area (Å²) >= 11 is 1.65. The van der Waals surface area contributed by atoms with Gasteiger partial charge in [0.15, 0.2) is 0 Å². The van der Waals surface area contributed by atoms with Crippen LogP contribution in [0.5, 0.6) is 0 Å². The maximum absolute atomic E-state index is 11.3. The summed E-state index contributed by atoms with van der Waals surface area (Å²) in [6, 6.07) is 0.287. The summed E-state index contributed by atoms with van der Waals surface area (Å²) in [6.45, 7) is 6.87. The molecule has 2 unspecified atom stereocenters. The van der Waals surface area contributed by atoms with Crippen LogP contribution in [0.1, 0.15) is 27.2 Å². The maximum Gasteiger partial charge on any atom is 0.230 e. The predicted octanol–water partition coefficient (Wildman–Crippen LogP) is 1.23. The number of amides is 1. The minimum atomic E-state index is 0.133. The Kier molecular flexibility index (Phi) is 7.99. The van der Waals surface area contributed by atoms with Gasteiger partial charge in [0.25, 0.3) is 0 Å². The molecule has 0 aliphatic rings. The standard InChI is InChI=1S/C10H22N2OS/c1-4-9(3)12-10(13)7-14-6-8(2)5-11/h8-9H,4-7,11H2,1-3H3,(H,12,13). The van der Waals surface area contributed by atoms with Gasteiger partial charge >= 0.3 is 0 Å². The molecule has 0 aromatic carbocycles. The average molecular weight is 218 g/mol. The summed E-state index contributed by atoms with van der Waals surface area (Å²) in [5, 5.41) is 2.93. The number of hydrogen-bond acceptors (Lipinski definition) is 3. The average Bonchev–Trinajstić information content (AvgIpc) is 2.17. The summed E-state index contributed by atoms with van der Waals surface area (Å²) in [5.74, 6) is 2.14. The molecule has 14 heavy (non-hydrogen) atoms. The lowest BCUT2D eigenvalue weighted by Crippen LogP contribution is -2.33. The molecule has 84 valence electrons. The molecule has 0 heterocycles. The van der Waals surface area contributed by atoms with Crippen molar-refractivity contribution in [2.24, 2.45) is 11.7 Å². The zero-order valence-corrected chi connectivity index (χ0v) is 10.2. The molecule has 0 saturated heterocycles. The van der Waals surface area contributed by atoms with E-state index in [9.17, 15) is 4.79 Å². The van der Waals surface area contributed by atoms with Crippen LogP contribution in [-0.2, 0) is 4.79 Å². The SMILES string of the molecule is CCC(C)NC(=O)CSCC(C)CN. The molecule has 3 N–H and O–H groups in total. The van der Waals surface area contributed by atoms with E-state index in [1.165, 1.54) is 0 Å². The number of nitrogens with two attached hydrogens (primary N) is 1. The Morgan fingerprint density at radius 2 is 2.14 bits per heavy atom. The smallest absolute Gasteiger partial charge is 0.230 e. The van der Waals surface area contributed by atoms with E-state index in [0.29, 0.717) is 18.2 Å². The van der Waals surface area contributed by atoms with Crippen molar-refractivity contribution in [2.75, 3.05) is 18.1 Å². The second kappa shape index (κ2) is 8.12. The molecule has 0 fully saturated rings. The van der Waals surface area contributed by atoms with Crippen LogP contribution < -0.4 is 11.1 Å². The number of hydrogen-bond donors (Lipinski definition) is 2. The fraction of sp³-hybridized carbons (Fsp3) is 0.900. The number of nitrogens with one attached hydrogen (secondary N) is 1. The molecule has 1 amide bonds. The van der Waals surface area contributed by atoms with Gasteiger partial charge in [-0.1, -0.05) is 13.8 Å². The van der Waals surface area contributed by atoms with Crippen LogP contribution in [0.15, 0.2) is 0 Å². The van der Waals surface area contributed by atoms with Gasteiger partial charge in [-0.3, -0.25) is 4.79 Å². The van der Waals surface area contributed by atoms with Gasteiger partial charge < -0.3 is 11.1 Å². The van der Waals surface area contributed by atoms with E-state index in [-0.39, 0.29) is 11.9 Å². The number of carbonyl (C=O) groups is 1. The first-order chi connectivity index (χ1) is 6.60. The molecule has 3 nitrogen and oxygen atoms in total. The third-order valence-corrected chi connectivity index (χ3v) is 3.33. The molecule has 0 aliphatic heterocycles. The lowest BCUT2D eigenvalue weighted by atomic mass is 10.2. The van der Waals surface area contributed by atoms with E-state index in [4.69, 9.17) is 5.73 Å². The van der Waals surface area contributed by atoms with Gasteiger partial charge in [0.1, 0.15) is 0 Å². The number of thioether (sulfide) groups is 1. The third-order valence-electron chi connectivity index (χ3n) is 2.06. The van der Waals surface area contributed by atoms with E-state index in [1.807, 2.05) is 6.92 Å². The van der Waals surface area contributed by atoms with Crippen molar-refractivity contribution in [1.29, 1.82) is 0 Å². The third kappa shape index (κ3) is 7.21. The highest BCUT2D eigenvalue weighted by molar-refractivity contribution is 7.99. The van der Waals surface area contributed by atoms with Crippen molar-refractivity contribution in [1.82, 2.24) is 5.32 Å². The van der Waals surface area contributed by atoms with Gasteiger partial charge in [-0.25, -0.2) is 0 Å². The Morgan fingerprint density at radius 1 is 1.50 bits per heavy atom. The summed E-state index contributed by atoms with van der Waals surface area (Å²) in [5.41, 5.74) is 5.48. The minimum absolute atomic E-state index is 0.133. The molecule has 0 spiro atoms. The summed E-state index contributed by atoms with van der Waals surface area (Å²) in [4.78, 5) is 11.3. The Hall–Kier alpha value is -0.220. The van der Waals surface area contributed by atoms with Crippen LogP contribution in [0, 0.1) is 5.92 Å². The number of rotatable bonds is 7. The summed E-state index contributed by atoms with van der Waals surface area (Å²) in [7, 11) is 0. The summed E-state index contributed by atoms with van der Waals surface area (Å²) < 4.78 is 0. The zero-order valence-electron chi connectivity index (χ0n) is 9.38. The summed E-state index contributed by atoms with van der Waals surface area (Å²) in [6.07, 6.45) is 0.982. The highest BCUT2D eigenvalue weighted by Crippen LogP contribution is 2.06. The lowest BCUT2D eigenvalue weighted by Gasteiger charge is -2.12. The molecule has 0 aliphatic carbocycles. The largest absolute Gasteiger partial charge is 0.353 e. The van der Waals surface area contributed by atoms with Crippen LogP contribution in [0.25, 0.3) is 0 Å². The Morgan fingerprint density at radius 3 is 2.64 bits per heavy atom. The Bertz CT molecular complexity index is 164. The monoisotopic (exact) mass is 218 g/mol. The van der Waals surface area contributed by atoms with Gasteiger partial charge in [-0.2, -0.15) is 11.8 Å². The molecular weight excluding hydrogens is 196 g/mol. The molecule has 0 aromatic heterocycles. The van der Waals surface area contributed by atoms with Crippen LogP contribution in [0.2, 0.25) is 0 Å². The molecule has 4 heteroatoms. The molecular formula is C10H22N2OS. The molecule has 0 radical (unpaired) electrons. The molecule has 0 bridgehead atoms. The van der Waals surface area contributed by atoms with Crippen molar-refractivity contribution in [3.05, 3.63) is 0 Å². The van der Waals surface area contributed by atoms with E-state index in [1.54, 1.807) is 11.8 Å². The normalized spacial score (nSPS) is 14.9. The fourth-order valence-electron chi connectivity index (χ4n) is 0.839. The van der Waals surface area contributed by atoms with E-state index in [0.717, 1.165) is 12.2 Å². The molecule has 0 aromatic rings. The Labute approximate surface area is 91.2 Å². The maximum atomic E-state index is 11.3. The highest BCUT2D eigenvalue weighted by atomic mass is 32.2. The van der Waals surface area contributed by atoms with Crippen molar-refractivity contribution in [3.63, 3.8) is 0 Å². The minimum Gasteiger partial charge on any atom is -0.353 e. The lowest BCUT2D eigenvalue weighted by molar-refractivity contribution is -0.119. The van der Waals surface area contributed by atoms with Crippen LogP contribution in [0.3, 0.4) is 0 Å². The van der Waals surface area contributed by atoms with E-state index < -0.39 is 0 Å². The first-order valence-electron chi connectivity index (χ1n) is 5.17. The molecule has 0 saturated carbocycles. The first-order valence-corrected chi connectivity index (χ1v) is 6.32. The van der Waals surface area contributed by atoms with Crippen LogP contribution in [0.4, 0.5) is 0 Å². The highest BCUT2D eigenvalue weighted by Gasteiger charge is 2.06. The van der Waals surface area contributed by atoms with Crippen molar-refractivity contribution in [3.8, 4) is 0 Å². The van der Waals surface area contributed by atoms with Crippen molar-refractivity contribution >= 4 is 17.7 Å². The van der Waals surface area contributed by atoms with Gasteiger partial charge in [0.2, 0.25) is 5.91 Å². The van der Waals surface area contributed by atoms with Gasteiger partial charge in [-0.15, -0.1) is 0 Å². The number of carbonyl (C=O) groups excluding carboxylic acids is 1. The first kappa shape index (κ1) is 13.8. The van der Waals surface area contributed by atoms with Crippen molar-refractivity contribution < 1.29 is 4.79 Å². The quantitative estimate of drug-likeness (QED) is 0.676. The Balaban J connectivity index is 3.44. The van der Waals surface area contributed by atoms with Gasteiger partial charge in [-0.05, 0) is 31.6 Å². The van der Waals surface area contributed by atoms with E-state index in [2.05, 4.69) is 19.2 Å². The van der Waals surface area contributed by atoms with Crippen LogP contribution >= 0.6 is 11.8 Å². The second-order valence-corrected chi connectivity index (χ2v) is 4.76. The predicted molar refractivity (Wildman–Crippen MR) is 63.4 cm³/mol. The van der Waals surface area contributed by atoms with Crippen molar-refractivity contribution in [2.45, 2.75) is 33.2 Å². The van der Waals surface area contributed by atoms with Gasteiger partial charge in [0.05, 0.1) is 5.75 Å². The molecule has 0 rings (SSSR count). The van der Waals surface area contributed by atoms with Crippen LogP contribution in [-0.4, -0.2) is 30.0 Å². The van der Waals surface area contributed by atoms with E-state index >= 15 is 0 Å². The second-order valence-electron chi connectivity index (χ2n) is 3.73. The zero-order chi connectivity index (χ0) is 11.0. The molecule has 2 atom stereocenters. The topological polar surface area (TPSA) is 55.1 Å². The fourth-order valence-corrected chi connectivity index (χ4v) is 1.76.